The maximum Gasteiger partial charge on any atom is 0.161 e. The molecule has 1 unspecified atom stereocenters. The van der Waals surface area contributed by atoms with Gasteiger partial charge < -0.3 is 19.1 Å². The van der Waals surface area contributed by atoms with Crippen molar-refractivity contribution < 1.29 is 14.6 Å². The first-order chi connectivity index (χ1) is 13.2. The minimum atomic E-state index is -0.681. The summed E-state index contributed by atoms with van der Waals surface area (Å²) in [6.07, 6.45) is 5.52. The summed E-state index contributed by atoms with van der Waals surface area (Å²) in [5, 5.41) is 10.4. The van der Waals surface area contributed by atoms with Crippen LogP contribution in [0.3, 0.4) is 0 Å². The first kappa shape index (κ1) is 18.7. The fourth-order valence-corrected chi connectivity index (χ4v) is 2.89. The molecule has 0 amide bonds. The smallest absolute Gasteiger partial charge is 0.161 e. The zero-order valence-electron chi connectivity index (χ0n) is 15.4. The predicted molar refractivity (Wildman–Crippen MR) is 106 cm³/mol. The molecule has 0 aliphatic heterocycles. The molecular weight excluding hydrogens is 340 g/mol. The number of ether oxygens (including phenoxy) is 2. The van der Waals surface area contributed by atoms with Crippen LogP contribution in [-0.2, 0) is 13.0 Å². The second-order valence-corrected chi connectivity index (χ2v) is 6.21. The topological polar surface area (TPSA) is 56.5 Å². The molecule has 0 saturated carbocycles. The van der Waals surface area contributed by atoms with Gasteiger partial charge in [0.1, 0.15) is 18.5 Å². The fraction of sp³-hybridized carbons (Fsp3) is 0.227. The Bertz CT molecular complexity index is 874. The largest absolute Gasteiger partial charge is 0.493 e. The number of imidazole rings is 1. The Morgan fingerprint density at radius 3 is 2.74 bits per heavy atom. The Hall–Kier alpha value is -3.05. The van der Waals surface area contributed by atoms with E-state index in [1.165, 1.54) is 0 Å². The van der Waals surface area contributed by atoms with E-state index in [1.807, 2.05) is 65.4 Å². The number of aliphatic hydroxyl groups excluding tert-OH is 1. The van der Waals surface area contributed by atoms with Gasteiger partial charge in [0, 0.05) is 18.0 Å². The zero-order chi connectivity index (χ0) is 19.1. The summed E-state index contributed by atoms with van der Waals surface area (Å²) in [4.78, 5) is 4.40. The molecule has 5 heteroatoms. The van der Waals surface area contributed by atoms with E-state index in [2.05, 4.69) is 11.6 Å². The highest BCUT2D eigenvalue weighted by Crippen LogP contribution is 2.28. The van der Waals surface area contributed by atoms with E-state index in [0.717, 1.165) is 23.4 Å². The molecule has 0 fully saturated rings. The van der Waals surface area contributed by atoms with Crippen LogP contribution in [0.25, 0.3) is 11.4 Å². The second kappa shape index (κ2) is 9.05. The number of nitrogens with zero attached hydrogens (tertiary/aromatic N) is 2. The van der Waals surface area contributed by atoms with E-state index in [0.29, 0.717) is 18.0 Å². The lowest BCUT2D eigenvalue weighted by atomic mass is 10.1. The molecular formula is C22H24N2O3. The summed E-state index contributed by atoms with van der Waals surface area (Å²) >= 11 is 0. The van der Waals surface area contributed by atoms with Crippen LogP contribution < -0.4 is 9.47 Å². The molecule has 0 aliphatic carbocycles. The molecule has 1 heterocycles. The molecule has 27 heavy (non-hydrogen) atoms. The van der Waals surface area contributed by atoms with E-state index in [-0.39, 0.29) is 6.61 Å². The third kappa shape index (κ3) is 4.77. The van der Waals surface area contributed by atoms with Gasteiger partial charge in [-0.1, -0.05) is 42.5 Å². The lowest BCUT2D eigenvalue weighted by molar-refractivity contribution is 0.0913. The van der Waals surface area contributed by atoms with Crippen LogP contribution in [0.1, 0.15) is 5.56 Å². The molecule has 3 rings (SSSR count). The lowest BCUT2D eigenvalue weighted by Crippen LogP contribution is -2.23. The first-order valence-electron chi connectivity index (χ1n) is 8.86. The summed E-state index contributed by atoms with van der Waals surface area (Å²) in [5.74, 6) is 2.08. The van der Waals surface area contributed by atoms with Gasteiger partial charge in [-0.25, -0.2) is 4.98 Å². The average molecular weight is 364 g/mol. The Labute approximate surface area is 159 Å². The van der Waals surface area contributed by atoms with Gasteiger partial charge in [-0.05, 0) is 24.1 Å². The summed E-state index contributed by atoms with van der Waals surface area (Å²) in [6, 6.07) is 15.6. The number of hydrogen-bond acceptors (Lipinski definition) is 4. The zero-order valence-corrected chi connectivity index (χ0v) is 15.4. The Kier molecular flexibility index (Phi) is 6.28. The molecule has 0 bridgehead atoms. The van der Waals surface area contributed by atoms with Crippen LogP contribution in [-0.4, -0.2) is 34.5 Å². The first-order valence-corrected chi connectivity index (χ1v) is 8.86. The van der Waals surface area contributed by atoms with Gasteiger partial charge >= 0.3 is 0 Å². The van der Waals surface area contributed by atoms with Crippen LogP contribution in [0.4, 0.5) is 0 Å². The van der Waals surface area contributed by atoms with Crippen molar-refractivity contribution in [3.05, 3.63) is 79.1 Å². The molecule has 2 aromatic carbocycles. The van der Waals surface area contributed by atoms with E-state index >= 15 is 0 Å². The molecule has 140 valence electrons. The summed E-state index contributed by atoms with van der Waals surface area (Å²) < 4.78 is 13.1. The highest BCUT2D eigenvalue weighted by molar-refractivity contribution is 5.55. The number of aliphatic hydroxyl groups is 1. The molecule has 0 aliphatic rings. The van der Waals surface area contributed by atoms with Crippen molar-refractivity contribution in [2.75, 3.05) is 13.7 Å². The maximum atomic E-state index is 10.4. The summed E-state index contributed by atoms with van der Waals surface area (Å²) in [7, 11) is 1.61. The van der Waals surface area contributed by atoms with Crippen molar-refractivity contribution in [2.24, 2.45) is 0 Å². The van der Waals surface area contributed by atoms with Crippen LogP contribution >= 0.6 is 0 Å². The molecule has 1 aromatic heterocycles. The Morgan fingerprint density at radius 2 is 2.00 bits per heavy atom. The fourth-order valence-electron chi connectivity index (χ4n) is 2.89. The number of rotatable bonds is 9. The van der Waals surface area contributed by atoms with E-state index < -0.39 is 6.10 Å². The van der Waals surface area contributed by atoms with Gasteiger partial charge in [0.15, 0.2) is 11.5 Å². The highest BCUT2D eigenvalue weighted by atomic mass is 16.5. The summed E-state index contributed by atoms with van der Waals surface area (Å²) in [5.41, 5.74) is 2.11. The van der Waals surface area contributed by atoms with E-state index in [4.69, 9.17) is 9.47 Å². The van der Waals surface area contributed by atoms with Crippen LogP contribution in [0, 0.1) is 0 Å². The second-order valence-electron chi connectivity index (χ2n) is 6.21. The number of aromatic nitrogens is 2. The normalized spacial score (nSPS) is 11.8. The van der Waals surface area contributed by atoms with Gasteiger partial charge in [0.05, 0.1) is 13.7 Å². The molecule has 3 aromatic rings. The Morgan fingerprint density at radius 1 is 1.19 bits per heavy atom. The van der Waals surface area contributed by atoms with Gasteiger partial charge in [0.25, 0.3) is 0 Å². The minimum absolute atomic E-state index is 0.156. The van der Waals surface area contributed by atoms with Crippen LogP contribution in [0.2, 0.25) is 0 Å². The standard InChI is InChI=1S/C22H24N2O3/c1-3-7-17-10-11-20(21(14-17)26-2)27-16-19(25)15-24-13-12-23-22(24)18-8-5-4-6-9-18/h3-6,8-14,19,25H,1,7,15-16H2,2H3. The van der Waals surface area contributed by atoms with Crippen LogP contribution in [0.5, 0.6) is 11.5 Å². The molecule has 0 spiro atoms. The van der Waals surface area contributed by atoms with Crippen molar-refractivity contribution in [3.63, 3.8) is 0 Å². The third-order valence-corrected chi connectivity index (χ3v) is 4.19. The van der Waals surface area contributed by atoms with Crippen molar-refractivity contribution in [2.45, 2.75) is 19.1 Å². The van der Waals surface area contributed by atoms with Crippen molar-refractivity contribution in [3.8, 4) is 22.9 Å². The number of methoxy groups -OCH3 is 1. The highest BCUT2D eigenvalue weighted by Gasteiger charge is 2.13. The van der Waals surface area contributed by atoms with Gasteiger partial charge in [-0.15, -0.1) is 6.58 Å². The van der Waals surface area contributed by atoms with E-state index in [9.17, 15) is 5.11 Å². The van der Waals surface area contributed by atoms with Gasteiger partial charge in [-0.2, -0.15) is 0 Å². The maximum absolute atomic E-state index is 10.4. The molecule has 0 radical (unpaired) electrons. The molecule has 1 atom stereocenters. The quantitative estimate of drug-likeness (QED) is 0.588. The van der Waals surface area contributed by atoms with Crippen molar-refractivity contribution >= 4 is 0 Å². The van der Waals surface area contributed by atoms with Crippen molar-refractivity contribution in [1.29, 1.82) is 0 Å². The molecule has 1 N–H and O–H groups in total. The monoisotopic (exact) mass is 364 g/mol. The summed E-state index contributed by atoms with van der Waals surface area (Å²) in [6.45, 7) is 4.29. The minimum Gasteiger partial charge on any atom is -0.493 e. The van der Waals surface area contributed by atoms with Crippen LogP contribution in [0.15, 0.2) is 73.6 Å². The van der Waals surface area contributed by atoms with Gasteiger partial charge in [0.2, 0.25) is 0 Å². The molecule has 0 saturated heterocycles. The average Bonchev–Trinajstić information content (AvgIpc) is 3.15. The SMILES string of the molecule is C=CCc1ccc(OCC(O)Cn2ccnc2-c2ccccc2)c(OC)c1. The number of allylic oxidation sites excluding steroid dienone is 1. The lowest BCUT2D eigenvalue weighted by Gasteiger charge is -2.16. The third-order valence-electron chi connectivity index (χ3n) is 4.19. The number of benzene rings is 2. The van der Waals surface area contributed by atoms with Gasteiger partial charge in [-0.3, -0.25) is 0 Å². The Balaban J connectivity index is 1.63. The number of hydrogen-bond donors (Lipinski definition) is 1. The van der Waals surface area contributed by atoms with Crippen molar-refractivity contribution in [1.82, 2.24) is 9.55 Å². The van der Waals surface area contributed by atoms with E-state index in [1.54, 1.807) is 13.3 Å². The molecule has 5 nitrogen and oxygen atoms in total. The predicted octanol–water partition coefficient (Wildman–Crippen LogP) is 3.73.